The van der Waals surface area contributed by atoms with Gasteiger partial charge in [0.15, 0.2) is 0 Å². The second kappa shape index (κ2) is 26.0. The molecule has 6 N–H and O–H groups in total. The van der Waals surface area contributed by atoms with Crippen LogP contribution in [0.4, 0.5) is 0 Å². The zero-order valence-electron chi connectivity index (χ0n) is 40.4. The Morgan fingerprint density at radius 3 is 1.33 bits per heavy atom. The highest BCUT2D eigenvalue weighted by Crippen LogP contribution is 2.38. The highest BCUT2D eigenvalue weighted by atomic mass is 35.5. The van der Waals surface area contributed by atoms with Crippen LogP contribution in [0.1, 0.15) is 68.5 Å². The molecule has 0 amide bonds. The molecule has 378 valence electrons. The summed E-state index contributed by atoms with van der Waals surface area (Å²) < 4.78 is 25.4. The number of nitrogens with one attached hydrogen (secondary N) is 2. The second-order valence-electron chi connectivity index (χ2n) is 17.2. The minimum atomic E-state index is -1.07. The lowest BCUT2D eigenvalue weighted by molar-refractivity contribution is -0.144. The highest BCUT2D eigenvalue weighted by Gasteiger charge is 2.26. The lowest BCUT2D eigenvalue weighted by atomic mass is 9.92. The molecular weight excluding hydrogens is 964 g/mol. The molecule has 4 aromatic carbocycles. The van der Waals surface area contributed by atoms with Crippen LogP contribution in [0.25, 0.3) is 11.1 Å². The summed E-state index contributed by atoms with van der Waals surface area (Å²) in [6.45, 7) is 4.25. The smallest absolute Gasteiger partial charge is 0.321 e. The average Bonchev–Trinajstić information content (AvgIpc) is 3.36. The number of ether oxygens (including phenoxy) is 4. The Bertz CT molecular complexity index is 2690. The number of aromatic nitrogens is 2. The first kappa shape index (κ1) is 54.4. The van der Waals surface area contributed by atoms with Crippen molar-refractivity contribution in [2.75, 3.05) is 27.3 Å². The van der Waals surface area contributed by atoms with Crippen LogP contribution in [0, 0.1) is 24.7 Å². The van der Waals surface area contributed by atoms with Crippen LogP contribution in [0.2, 0.25) is 10.0 Å². The van der Waals surface area contributed by atoms with Gasteiger partial charge in [-0.15, -0.1) is 0 Å². The lowest BCUT2D eigenvalue weighted by Gasteiger charge is -2.25. The van der Waals surface area contributed by atoms with Gasteiger partial charge in [-0.2, -0.15) is 0 Å². The number of aliphatic carboxylic acids is 2. The largest absolute Gasteiger partial charge is 0.488 e. The van der Waals surface area contributed by atoms with Crippen LogP contribution in [0.3, 0.4) is 0 Å². The SMILES string of the molecule is Cc1c(COc2cc(OCc3cncc(C=N)c3)c(CN(C)[C@@H](CCO)C(=O)O)cc2Cl)cccc1-c1cccc(COc2cc(OCc3cncc(C=N)c3)c(CN(C)[C@@H](CCO)C(=O)O)cc2Cl)c1C. The van der Waals surface area contributed by atoms with E-state index in [1.54, 1.807) is 85.1 Å². The maximum Gasteiger partial charge on any atom is 0.321 e. The number of likely N-dealkylation sites (N-methyl/N-ethyl adjacent to an activating group) is 2. The number of pyridine rings is 2. The summed E-state index contributed by atoms with van der Waals surface area (Å²) in [5.41, 5.74) is 9.57. The first-order valence-corrected chi connectivity index (χ1v) is 23.7. The maximum absolute atomic E-state index is 12.1. The molecule has 0 fully saturated rings. The van der Waals surface area contributed by atoms with E-state index in [0.717, 1.165) is 44.5 Å². The number of halogens is 2. The number of hydrogen-bond donors (Lipinski definition) is 6. The van der Waals surface area contributed by atoms with Crippen LogP contribution in [-0.4, -0.2) is 104 Å². The predicted octanol–water partition coefficient (Wildman–Crippen LogP) is 8.91. The quantitative estimate of drug-likeness (QED) is 0.0265. The molecule has 2 heterocycles. The lowest BCUT2D eigenvalue weighted by Crippen LogP contribution is -2.38. The second-order valence-corrected chi connectivity index (χ2v) is 18.0. The Balaban J connectivity index is 1.23. The van der Waals surface area contributed by atoms with Gasteiger partial charge < -0.3 is 50.2 Å². The molecule has 0 saturated heterocycles. The van der Waals surface area contributed by atoms with E-state index >= 15 is 0 Å². The number of carbonyl (C=O) groups is 2. The highest BCUT2D eigenvalue weighted by molar-refractivity contribution is 6.32. The number of hydrogen-bond acceptors (Lipinski definition) is 14. The van der Waals surface area contributed by atoms with E-state index in [4.69, 9.17) is 53.0 Å². The van der Waals surface area contributed by atoms with Crippen LogP contribution in [0.15, 0.2) is 97.6 Å². The third-order valence-corrected chi connectivity index (χ3v) is 12.8. The molecule has 0 aliphatic heterocycles. The van der Waals surface area contributed by atoms with E-state index in [0.29, 0.717) is 55.3 Å². The van der Waals surface area contributed by atoms with Crippen LogP contribution in [-0.2, 0) is 49.1 Å². The van der Waals surface area contributed by atoms with Gasteiger partial charge in [-0.25, -0.2) is 0 Å². The molecule has 0 radical (unpaired) electrons. The Morgan fingerprint density at radius 1 is 0.583 bits per heavy atom. The topological polar surface area (TPSA) is 232 Å². The summed E-state index contributed by atoms with van der Waals surface area (Å²) in [4.78, 5) is 35.7. The van der Waals surface area contributed by atoms with Gasteiger partial charge in [-0.1, -0.05) is 59.6 Å². The van der Waals surface area contributed by atoms with Crippen LogP contribution in [0.5, 0.6) is 23.0 Å². The number of benzene rings is 4. The summed E-state index contributed by atoms with van der Waals surface area (Å²) in [5.74, 6) is -0.611. The number of aliphatic hydroxyl groups excluding tert-OH is 2. The van der Waals surface area contributed by atoms with Gasteiger partial charge >= 0.3 is 11.9 Å². The van der Waals surface area contributed by atoms with Crippen molar-refractivity contribution in [1.82, 2.24) is 19.8 Å². The summed E-state index contributed by atoms with van der Waals surface area (Å²) in [6.07, 6.45) is 8.88. The monoisotopic (exact) mass is 1020 g/mol. The van der Waals surface area contributed by atoms with Gasteiger partial charge in [0.05, 0.1) is 10.0 Å². The van der Waals surface area contributed by atoms with Crippen molar-refractivity contribution < 1.29 is 49.0 Å². The van der Waals surface area contributed by atoms with E-state index in [2.05, 4.69) is 9.97 Å². The molecule has 16 nitrogen and oxygen atoms in total. The molecule has 6 aromatic rings. The van der Waals surface area contributed by atoms with Crippen molar-refractivity contribution in [1.29, 1.82) is 10.8 Å². The molecule has 0 unspecified atom stereocenters. The molecule has 72 heavy (non-hydrogen) atoms. The van der Waals surface area contributed by atoms with Crippen LogP contribution < -0.4 is 18.9 Å². The molecule has 2 atom stereocenters. The van der Waals surface area contributed by atoms with E-state index < -0.39 is 24.0 Å². The number of carboxylic acids is 2. The summed E-state index contributed by atoms with van der Waals surface area (Å²) in [7, 11) is 3.31. The molecule has 0 bridgehead atoms. The van der Waals surface area contributed by atoms with Crippen molar-refractivity contribution in [2.24, 2.45) is 0 Å². The first-order valence-electron chi connectivity index (χ1n) is 22.9. The van der Waals surface area contributed by atoms with Gasteiger partial charge in [0, 0.05) is 109 Å². The number of carboxylic acid groups (broad SMARTS) is 2. The molecule has 2 aromatic heterocycles. The summed E-state index contributed by atoms with van der Waals surface area (Å²) in [6, 6.07) is 20.4. The molecule has 0 aliphatic rings. The minimum absolute atomic E-state index is 0.0331. The van der Waals surface area contributed by atoms with Gasteiger partial charge in [0.1, 0.15) is 61.5 Å². The molecule has 18 heteroatoms. The molecule has 0 saturated carbocycles. The van der Waals surface area contributed by atoms with Crippen molar-refractivity contribution in [3.8, 4) is 34.1 Å². The Hall–Kier alpha value is -6.92. The van der Waals surface area contributed by atoms with E-state index in [1.807, 2.05) is 50.2 Å². The van der Waals surface area contributed by atoms with E-state index in [9.17, 15) is 30.0 Å². The maximum atomic E-state index is 12.1. The summed E-state index contributed by atoms with van der Waals surface area (Å²) in [5, 5.41) is 54.6. The van der Waals surface area contributed by atoms with Crippen molar-refractivity contribution >= 4 is 47.6 Å². The van der Waals surface area contributed by atoms with E-state index in [-0.39, 0.29) is 65.6 Å². The van der Waals surface area contributed by atoms with Crippen molar-refractivity contribution in [2.45, 2.75) is 78.3 Å². The van der Waals surface area contributed by atoms with Gasteiger partial charge in [0.25, 0.3) is 0 Å². The third kappa shape index (κ3) is 14.1. The average molecular weight is 1020 g/mol. The zero-order chi connectivity index (χ0) is 51.9. The fourth-order valence-corrected chi connectivity index (χ4v) is 8.67. The fraction of sp³-hybridized carbons (Fsp3) is 0.296. The minimum Gasteiger partial charge on any atom is -0.488 e. The molecule has 0 aliphatic carbocycles. The fourth-order valence-electron chi connectivity index (χ4n) is 8.18. The standard InChI is InChI=1S/C54H58Cl2N6O10/c1-33-39(31-71-51-19-49(69-29-37-15-35(21-57)23-59-25-37)41(17-45(51)55)27-61(3)47(11-13-63)53(65)66)7-5-9-43(33)44-10-6-8-40(34(44)2)32-72-52-20-50(70-30-38-16-36(22-58)24-60-26-38)42(18-46(52)56)28-62(4)48(12-14-64)54(67)68/h5-10,15-26,47-48,57-58,63-64H,11-14,27-32H2,1-4H3,(H,65,66)(H,67,68)/t47-,48-/m0/s1. The number of rotatable bonds is 27. The summed E-state index contributed by atoms with van der Waals surface area (Å²) >= 11 is 13.7. The molecule has 6 rings (SSSR count). The Kier molecular flexibility index (Phi) is 19.6. The third-order valence-electron chi connectivity index (χ3n) is 12.2. The Morgan fingerprint density at radius 2 is 0.972 bits per heavy atom. The molecular formula is C54H58Cl2N6O10. The number of aliphatic hydroxyl groups is 2. The first-order chi connectivity index (χ1) is 34.6. The van der Waals surface area contributed by atoms with E-state index in [1.165, 1.54) is 12.4 Å². The van der Waals surface area contributed by atoms with Crippen molar-refractivity contribution in [3.05, 3.63) is 163 Å². The van der Waals surface area contributed by atoms with Crippen LogP contribution >= 0.6 is 23.2 Å². The normalized spacial score (nSPS) is 12.1. The predicted molar refractivity (Wildman–Crippen MR) is 275 cm³/mol. The van der Waals surface area contributed by atoms with Crippen molar-refractivity contribution in [3.63, 3.8) is 0 Å². The van der Waals surface area contributed by atoms with Gasteiger partial charge in [0.2, 0.25) is 0 Å². The zero-order valence-corrected chi connectivity index (χ0v) is 41.9. The Labute approximate surface area is 428 Å². The number of nitrogens with zero attached hydrogens (tertiary/aromatic N) is 4. The van der Waals surface area contributed by atoms with Gasteiger partial charge in [-0.3, -0.25) is 29.4 Å². The molecule has 0 spiro atoms. The van der Waals surface area contributed by atoms with Gasteiger partial charge in [-0.05, 0) is 98.4 Å².